The Labute approximate surface area is 213 Å². The number of aromatic amines is 1. The SMILES string of the molecule is CSCCC(NC(=O)C(Cc1cnc[nH]1)NC(=O)C(CC(C)C)NC(=O)C(N)CCC(=O)O)C(=O)O. The van der Waals surface area contributed by atoms with E-state index in [0.29, 0.717) is 11.4 Å². The van der Waals surface area contributed by atoms with E-state index in [1.54, 1.807) is 0 Å². The van der Waals surface area contributed by atoms with Crippen molar-refractivity contribution in [1.29, 1.82) is 0 Å². The first-order chi connectivity index (χ1) is 16.9. The highest BCUT2D eigenvalue weighted by molar-refractivity contribution is 7.98. The van der Waals surface area contributed by atoms with Gasteiger partial charge < -0.3 is 36.9 Å². The molecule has 0 fully saturated rings. The monoisotopic (exact) mass is 528 g/mol. The zero-order valence-corrected chi connectivity index (χ0v) is 21.5. The quantitative estimate of drug-likeness (QED) is 0.137. The number of hydrogen-bond acceptors (Lipinski definition) is 8. The first-order valence-corrected chi connectivity index (χ1v) is 12.9. The minimum absolute atomic E-state index is 0.00686. The van der Waals surface area contributed by atoms with Crippen LogP contribution in [0.25, 0.3) is 0 Å². The molecule has 4 atom stereocenters. The van der Waals surface area contributed by atoms with Gasteiger partial charge in [-0.2, -0.15) is 11.8 Å². The number of aromatic nitrogens is 2. The predicted octanol–water partition coefficient (Wildman–Crippen LogP) is -0.517. The number of nitrogens with two attached hydrogens (primary N) is 1. The number of hydrogen-bond donors (Lipinski definition) is 7. The van der Waals surface area contributed by atoms with E-state index in [4.69, 9.17) is 10.8 Å². The van der Waals surface area contributed by atoms with Gasteiger partial charge in [0.05, 0.1) is 12.4 Å². The summed E-state index contributed by atoms with van der Waals surface area (Å²) in [5, 5.41) is 25.9. The number of nitrogens with one attached hydrogen (secondary N) is 4. The fourth-order valence-corrected chi connectivity index (χ4v) is 3.73. The Morgan fingerprint density at radius 2 is 1.61 bits per heavy atom. The number of carbonyl (C=O) groups excluding carboxylic acids is 3. The molecule has 1 aromatic heterocycles. The minimum atomic E-state index is -1.19. The number of carbonyl (C=O) groups is 5. The number of imidazole rings is 1. The van der Waals surface area contributed by atoms with Gasteiger partial charge in [0.15, 0.2) is 0 Å². The molecule has 4 unspecified atom stereocenters. The smallest absolute Gasteiger partial charge is 0.326 e. The molecule has 36 heavy (non-hydrogen) atoms. The van der Waals surface area contributed by atoms with E-state index in [0.717, 1.165) is 0 Å². The maximum atomic E-state index is 13.2. The molecule has 3 amide bonds. The standard InChI is InChI=1S/C22H36N6O7S/c1-12(2)8-16(27-19(31)14(23)4-5-18(29)30)20(32)28-17(9-13-10-24-11-25-13)21(33)26-15(22(34)35)6-7-36-3/h10-12,14-17H,4-9,23H2,1-3H3,(H,24,25)(H,26,33)(H,27,31)(H,28,32)(H,29,30)(H,34,35). The Morgan fingerprint density at radius 3 is 2.14 bits per heavy atom. The van der Waals surface area contributed by atoms with Crippen LogP contribution in [0.2, 0.25) is 0 Å². The summed E-state index contributed by atoms with van der Waals surface area (Å²) < 4.78 is 0. The topological polar surface area (TPSA) is 217 Å². The summed E-state index contributed by atoms with van der Waals surface area (Å²) in [4.78, 5) is 67.7. The molecule has 202 valence electrons. The van der Waals surface area contributed by atoms with Gasteiger partial charge in [-0.3, -0.25) is 19.2 Å². The first-order valence-electron chi connectivity index (χ1n) is 11.5. The van der Waals surface area contributed by atoms with Crippen molar-refractivity contribution in [1.82, 2.24) is 25.9 Å². The first kappa shape index (κ1) is 30.9. The van der Waals surface area contributed by atoms with Crippen LogP contribution in [0.3, 0.4) is 0 Å². The van der Waals surface area contributed by atoms with Crippen LogP contribution in [-0.4, -0.2) is 86.0 Å². The van der Waals surface area contributed by atoms with Crippen molar-refractivity contribution in [2.75, 3.05) is 12.0 Å². The van der Waals surface area contributed by atoms with E-state index < -0.39 is 53.8 Å². The predicted molar refractivity (Wildman–Crippen MR) is 133 cm³/mol. The van der Waals surface area contributed by atoms with Gasteiger partial charge in [0.1, 0.15) is 18.1 Å². The lowest BCUT2D eigenvalue weighted by atomic mass is 10.0. The van der Waals surface area contributed by atoms with E-state index in [2.05, 4.69) is 25.9 Å². The van der Waals surface area contributed by atoms with Crippen LogP contribution in [0.1, 0.15) is 45.2 Å². The van der Waals surface area contributed by atoms with Crippen LogP contribution in [0.5, 0.6) is 0 Å². The molecule has 0 saturated heterocycles. The second-order valence-corrected chi connectivity index (χ2v) is 9.74. The highest BCUT2D eigenvalue weighted by atomic mass is 32.2. The molecule has 0 aliphatic carbocycles. The summed E-state index contributed by atoms with van der Waals surface area (Å²) in [6, 6.07) is -4.46. The van der Waals surface area contributed by atoms with E-state index in [1.807, 2.05) is 20.1 Å². The van der Waals surface area contributed by atoms with Gasteiger partial charge in [-0.05, 0) is 37.2 Å². The Bertz CT molecular complexity index is 880. The molecule has 0 radical (unpaired) electrons. The Morgan fingerprint density at radius 1 is 1.00 bits per heavy atom. The van der Waals surface area contributed by atoms with Crippen LogP contribution in [0.15, 0.2) is 12.5 Å². The Kier molecular flexibility index (Phi) is 13.5. The van der Waals surface area contributed by atoms with Crippen molar-refractivity contribution in [2.45, 2.75) is 70.1 Å². The van der Waals surface area contributed by atoms with Crippen molar-refractivity contribution in [3.63, 3.8) is 0 Å². The lowest BCUT2D eigenvalue weighted by Crippen LogP contribution is -2.58. The number of amides is 3. The maximum absolute atomic E-state index is 13.2. The molecule has 0 saturated carbocycles. The van der Waals surface area contributed by atoms with Crippen molar-refractivity contribution in [3.8, 4) is 0 Å². The molecule has 14 heteroatoms. The third-order valence-electron chi connectivity index (χ3n) is 5.18. The van der Waals surface area contributed by atoms with Gasteiger partial charge in [0.25, 0.3) is 0 Å². The van der Waals surface area contributed by atoms with Crippen molar-refractivity contribution < 1.29 is 34.2 Å². The van der Waals surface area contributed by atoms with Gasteiger partial charge in [0.2, 0.25) is 17.7 Å². The molecule has 13 nitrogen and oxygen atoms in total. The Hall–Kier alpha value is -3.13. The number of H-pyrrole nitrogens is 1. The summed E-state index contributed by atoms with van der Waals surface area (Å²) in [5.74, 6) is -3.82. The molecule has 0 bridgehead atoms. The number of carboxylic acid groups (broad SMARTS) is 2. The highest BCUT2D eigenvalue weighted by Gasteiger charge is 2.31. The lowest BCUT2D eigenvalue weighted by Gasteiger charge is -2.26. The second-order valence-electron chi connectivity index (χ2n) is 8.75. The van der Waals surface area contributed by atoms with Crippen LogP contribution in [-0.2, 0) is 30.4 Å². The van der Waals surface area contributed by atoms with Gasteiger partial charge in [-0.15, -0.1) is 0 Å². The molecule has 1 aromatic rings. The molecular formula is C22H36N6O7S. The van der Waals surface area contributed by atoms with Crippen molar-refractivity contribution in [3.05, 3.63) is 18.2 Å². The molecule has 0 aromatic carbocycles. The lowest BCUT2D eigenvalue weighted by molar-refractivity contribution is -0.142. The zero-order valence-electron chi connectivity index (χ0n) is 20.7. The molecular weight excluding hydrogens is 492 g/mol. The van der Waals surface area contributed by atoms with Gasteiger partial charge >= 0.3 is 11.9 Å². The van der Waals surface area contributed by atoms with Gasteiger partial charge in [-0.25, -0.2) is 9.78 Å². The fraction of sp³-hybridized carbons (Fsp3) is 0.636. The van der Waals surface area contributed by atoms with Gasteiger partial charge in [-0.1, -0.05) is 13.8 Å². The summed E-state index contributed by atoms with van der Waals surface area (Å²) >= 11 is 1.44. The molecule has 0 aliphatic heterocycles. The zero-order chi connectivity index (χ0) is 27.3. The van der Waals surface area contributed by atoms with Gasteiger partial charge in [0, 0.05) is 24.7 Å². The number of carboxylic acids is 2. The average Bonchev–Trinajstić information content (AvgIpc) is 3.31. The third kappa shape index (κ3) is 11.5. The van der Waals surface area contributed by atoms with Crippen LogP contribution < -0.4 is 21.7 Å². The summed E-state index contributed by atoms with van der Waals surface area (Å²) in [6.45, 7) is 3.68. The number of thioether (sulfide) groups is 1. The largest absolute Gasteiger partial charge is 0.481 e. The molecule has 1 heterocycles. The Balaban J connectivity index is 3.02. The van der Waals surface area contributed by atoms with E-state index >= 15 is 0 Å². The summed E-state index contributed by atoms with van der Waals surface area (Å²) in [6.07, 6.45) is 4.73. The fourth-order valence-electron chi connectivity index (χ4n) is 3.25. The normalized spacial score (nSPS) is 14.4. The number of rotatable bonds is 17. The third-order valence-corrected chi connectivity index (χ3v) is 5.83. The van der Waals surface area contributed by atoms with Crippen LogP contribution in [0.4, 0.5) is 0 Å². The molecule has 0 spiro atoms. The molecule has 1 rings (SSSR count). The van der Waals surface area contributed by atoms with Crippen molar-refractivity contribution in [2.24, 2.45) is 11.7 Å². The highest BCUT2D eigenvalue weighted by Crippen LogP contribution is 2.09. The maximum Gasteiger partial charge on any atom is 0.326 e. The second kappa shape index (κ2) is 15.8. The molecule has 8 N–H and O–H groups in total. The summed E-state index contributed by atoms with van der Waals surface area (Å²) in [5.41, 5.74) is 6.30. The average molecular weight is 529 g/mol. The van der Waals surface area contributed by atoms with Crippen molar-refractivity contribution >= 4 is 41.4 Å². The number of aliphatic carboxylic acids is 2. The van der Waals surface area contributed by atoms with E-state index in [1.165, 1.54) is 24.3 Å². The van der Waals surface area contributed by atoms with E-state index in [-0.39, 0.29) is 38.0 Å². The summed E-state index contributed by atoms with van der Waals surface area (Å²) in [7, 11) is 0. The van der Waals surface area contributed by atoms with Crippen LogP contribution in [0, 0.1) is 5.92 Å². The molecule has 0 aliphatic rings. The van der Waals surface area contributed by atoms with E-state index in [9.17, 15) is 29.1 Å². The number of nitrogens with zero attached hydrogens (tertiary/aromatic N) is 1. The van der Waals surface area contributed by atoms with Crippen LogP contribution >= 0.6 is 11.8 Å². The minimum Gasteiger partial charge on any atom is -0.481 e.